The van der Waals surface area contributed by atoms with Crippen LogP contribution in [0.1, 0.15) is 44.1 Å². The van der Waals surface area contributed by atoms with Crippen molar-refractivity contribution in [3.05, 3.63) is 29.1 Å². The molecule has 21 heavy (non-hydrogen) atoms. The first kappa shape index (κ1) is 15.5. The molecule has 1 saturated heterocycles. The van der Waals surface area contributed by atoms with Gasteiger partial charge in [0.2, 0.25) is 0 Å². The maximum Gasteiger partial charge on any atom is 0.325 e. The van der Waals surface area contributed by atoms with Gasteiger partial charge >= 0.3 is 6.03 Å². The van der Waals surface area contributed by atoms with Crippen molar-refractivity contribution in [1.82, 2.24) is 15.2 Å². The van der Waals surface area contributed by atoms with Gasteiger partial charge in [-0.2, -0.15) is 0 Å². The molecule has 0 saturated carbocycles. The summed E-state index contributed by atoms with van der Waals surface area (Å²) in [6.07, 6.45) is 0.638. The molecule has 0 unspecified atom stereocenters. The Labute approximate surface area is 125 Å². The van der Waals surface area contributed by atoms with Crippen molar-refractivity contribution in [2.24, 2.45) is 5.92 Å². The first-order valence-electron chi connectivity index (χ1n) is 7.30. The van der Waals surface area contributed by atoms with Gasteiger partial charge in [0, 0.05) is 11.4 Å². The second-order valence-electron chi connectivity index (χ2n) is 6.45. The molecule has 0 aliphatic carbocycles. The quantitative estimate of drug-likeness (QED) is 0.866. The van der Waals surface area contributed by atoms with Crippen molar-refractivity contribution >= 4 is 11.9 Å². The molecular weight excluding hydrogens is 266 g/mol. The maximum absolute atomic E-state index is 12.6. The highest BCUT2D eigenvalue weighted by atomic mass is 16.2. The van der Waals surface area contributed by atoms with Crippen LogP contribution in [-0.4, -0.2) is 27.4 Å². The van der Waals surface area contributed by atoms with Gasteiger partial charge in [-0.15, -0.1) is 0 Å². The van der Waals surface area contributed by atoms with Crippen LogP contribution in [-0.2, 0) is 11.3 Å². The van der Waals surface area contributed by atoms with E-state index in [0.717, 1.165) is 17.0 Å². The van der Waals surface area contributed by atoms with E-state index in [1.54, 1.807) is 6.92 Å². The zero-order valence-electron chi connectivity index (χ0n) is 13.4. The number of imide groups is 1. The molecule has 0 aromatic carbocycles. The normalized spacial score (nSPS) is 22.1. The molecule has 3 amide bonds. The average molecular weight is 289 g/mol. The fourth-order valence-electron chi connectivity index (χ4n) is 2.90. The fourth-order valence-corrected chi connectivity index (χ4v) is 2.90. The van der Waals surface area contributed by atoms with Crippen molar-refractivity contribution in [1.29, 1.82) is 0 Å². The first-order chi connectivity index (χ1) is 9.73. The molecule has 2 heterocycles. The third kappa shape index (κ3) is 3.06. The lowest BCUT2D eigenvalue weighted by Crippen LogP contribution is -2.44. The smallest absolute Gasteiger partial charge is 0.323 e. The van der Waals surface area contributed by atoms with Crippen LogP contribution in [0, 0.1) is 19.8 Å². The van der Waals surface area contributed by atoms with Crippen LogP contribution < -0.4 is 5.32 Å². The van der Waals surface area contributed by atoms with E-state index in [9.17, 15) is 9.59 Å². The average Bonchev–Trinajstić information content (AvgIpc) is 2.54. The van der Waals surface area contributed by atoms with Crippen molar-refractivity contribution < 1.29 is 9.59 Å². The summed E-state index contributed by atoms with van der Waals surface area (Å²) in [6.45, 7) is 9.98. The van der Waals surface area contributed by atoms with E-state index >= 15 is 0 Å². The molecule has 2 rings (SSSR count). The molecule has 1 aromatic heterocycles. The number of carbonyl (C=O) groups is 2. The van der Waals surface area contributed by atoms with Crippen molar-refractivity contribution in [2.45, 2.75) is 53.1 Å². The van der Waals surface area contributed by atoms with E-state index < -0.39 is 5.54 Å². The van der Waals surface area contributed by atoms with Gasteiger partial charge in [0.25, 0.3) is 5.91 Å². The van der Waals surface area contributed by atoms with E-state index in [-0.39, 0.29) is 18.5 Å². The minimum Gasteiger partial charge on any atom is -0.323 e. The number of hydrogen-bond donors (Lipinski definition) is 1. The Morgan fingerprint density at radius 3 is 2.52 bits per heavy atom. The Morgan fingerprint density at radius 2 is 1.95 bits per heavy atom. The lowest BCUT2D eigenvalue weighted by molar-refractivity contribution is -0.131. The monoisotopic (exact) mass is 289 g/mol. The first-order valence-corrected chi connectivity index (χ1v) is 7.30. The fraction of sp³-hybridized carbons (Fsp3) is 0.562. The lowest BCUT2D eigenvalue weighted by atomic mass is 9.91. The number of nitrogens with zero attached hydrogens (tertiary/aromatic N) is 2. The number of amides is 3. The topological polar surface area (TPSA) is 62.3 Å². The summed E-state index contributed by atoms with van der Waals surface area (Å²) >= 11 is 0. The number of aromatic nitrogens is 1. The zero-order chi connectivity index (χ0) is 15.8. The van der Waals surface area contributed by atoms with Crippen LogP contribution in [0.2, 0.25) is 0 Å². The summed E-state index contributed by atoms with van der Waals surface area (Å²) in [4.78, 5) is 30.4. The van der Waals surface area contributed by atoms with Crippen molar-refractivity contribution in [3.63, 3.8) is 0 Å². The molecule has 1 N–H and O–H groups in total. The molecule has 0 radical (unpaired) electrons. The van der Waals surface area contributed by atoms with Gasteiger partial charge in [0.15, 0.2) is 0 Å². The largest absolute Gasteiger partial charge is 0.325 e. The summed E-state index contributed by atoms with van der Waals surface area (Å²) in [6, 6.07) is 3.51. The predicted molar refractivity (Wildman–Crippen MR) is 80.7 cm³/mol. The van der Waals surface area contributed by atoms with Gasteiger partial charge in [-0.1, -0.05) is 19.9 Å². The molecule has 0 spiro atoms. The standard InChI is InChI=1S/C16H23N3O2/c1-10(2)8-16(5)14(20)19(15(21)18-16)9-13-7-6-11(3)17-12(13)4/h6-7,10H,8-9H2,1-5H3,(H,18,21)/t16-/m0/s1. The van der Waals surface area contributed by atoms with Crippen LogP contribution in [0.25, 0.3) is 0 Å². The maximum atomic E-state index is 12.6. The van der Waals surface area contributed by atoms with E-state index in [0.29, 0.717) is 12.3 Å². The summed E-state index contributed by atoms with van der Waals surface area (Å²) < 4.78 is 0. The van der Waals surface area contributed by atoms with Crippen LogP contribution in [0.15, 0.2) is 12.1 Å². The molecule has 0 bridgehead atoms. The SMILES string of the molecule is Cc1ccc(CN2C(=O)N[C@@](C)(CC(C)C)C2=O)c(C)n1. The third-order valence-electron chi connectivity index (χ3n) is 3.82. The summed E-state index contributed by atoms with van der Waals surface area (Å²) in [5.74, 6) is 0.183. The number of carbonyl (C=O) groups excluding carboxylic acids is 2. The highest BCUT2D eigenvalue weighted by molar-refractivity contribution is 6.06. The Hall–Kier alpha value is -1.91. The van der Waals surface area contributed by atoms with Crippen LogP contribution in [0.3, 0.4) is 0 Å². The Balaban J connectivity index is 2.21. The Morgan fingerprint density at radius 1 is 1.29 bits per heavy atom. The highest BCUT2D eigenvalue weighted by Crippen LogP contribution is 2.26. The molecule has 1 atom stereocenters. The molecule has 1 fully saturated rings. The van der Waals surface area contributed by atoms with Gasteiger partial charge in [-0.3, -0.25) is 14.7 Å². The van der Waals surface area contributed by atoms with Crippen molar-refractivity contribution in [2.75, 3.05) is 0 Å². The summed E-state index contributed by atoms with van der Waals surface area (Å²) in [7, 11) is 0. The number of hydrogen-bond acceptors (Lipinski definition) is 3. The summed E-state index contributed by atoms with van der Waals surface area (Å²) in [5, 5.41) is 2.83. The second kappa shape index (κ2) is 5.47. The van der Waals surface area contributed by atoms with E-state index in [1.165, 1.54) is 4.90 Å². The Kier molecular flexibility index (Phi) is 4.03. The van der Waals surface area contributed by atoms with Crippen LogP contribution in [0.5, 0.6) is 0 Å². The third-order valence-corrected chi connectivity index (χ3v) is 3.82. The molecule has 1 aromatic rings. The van der Waals surface area contributed by atoms with E-state index in [1.807, 2.05) is 39.8 Å². The lowest BCUT2D eigenvalue weighted by Gasteiger charge is -2.23. The highest BCUT2D eigenvalue weighted by Gasteiger charge is 2.47. The number of aryl methyl sites for hydroxylation is 2. The minimum absolute atomic E-state index is 0.152. The molecule has 1 aliphatic rings. The second-order valence-corrected chi connectivity index (χ2v) is 6.45. The molecular formula is C16H23N3O2. The number of nitrogens with one attached hydrogen (secondary N) is 1. The molecule has 114 valence electrons. The minimum atomic E-state index is -0.794. The molecule has 1 aliphatic heterocycles. The Bertz CT molecular complexity index is 583. The predicted octanol–water partition coefficient (Wildman–Crippen LogP) is 2.56. The zero-order valence-corrected chi connectivity index (χ0v) is 13.4. The van der Waals surface area contributed by atoms with E-state index in [2.05, 4.69) is 10.3 Å². The van der Waals surface area contributed by atoms with Gasteiger partial charge in [0.05, 0.1) is 6.54 Å². The summed E-state index contributed by atoms with van der Waals surface area (Å²) in [5.41, 5.74) is 1.89. The van der Waals surface area contributed by atoms with Crippen LogP contribution >= 0.6 is 0 Å². The van der Waals surface area contributed by atoms with Gasteiger partial charge in [-0.05, 0) is 44.7 Å². The number of urea groups is 1. The van der Waals surface area contributed by atoms with Gasteiger partial charge < -0.3 is 5.32 Å². The van der Waals surface area contributed by atoms with Crippen molar-refractivity contribution in [3.8, 4) is 0 Å². The van der Waals surface area contributed by atoms with Crippen LogP contribution in [0.4, 0.5) is 4.79 Å². The molecule has 5 nitrogen and oxygen atoms in total. The van der Waals surface area contributed by atoms with Gasteiger partial charge in [0.1, 0.15) is 5.54 Å². The molecule has 5 heteroatoms. The van der Waals surface area contributed by atoms with E-state index in [4.69, 9.17) is 0 Å². The number of pyridine rings is 1. The van der Waals surface area contributed by atoms with Gasteiger partial charge in [-0.25, -0.2) is 4.79 Å². The number of rotatable bonds is 4.